The maximum Gasteiger partial charge on any atom is 0.186 e. The number of ketones is 1. The first-order valence-electron chi connectivity index (χ1n) is 6.57. The van der Waals surface area contributed by atoms with Gasteiger partial charge in [0.2, 0.25) is 0 Å². The van der Waals surface area contributed by atoms with E-state index in [9.17, 15) is 9.90 Å². The summed E-state index contributed by atoms with van der Waals surface area (Å²) in [5, 5.41) is 9.73. The van der Waals surface area contributed by atoms with Crippen LogP contribution in [-0.4, -0.2) is 10.9 Å². The van der Waals surface area contributed by atoms with E-state index in [1.54, 1.807) is 12.2 Å². The maximum atomic E-state index is 12.1. The second kappa shape index (κ2) is 5.74. The molecule has 2 aromatic carbocycles. The Balaban J connectivity index is 2.26. The summed E-state index contributed by atoms with van der Waals surface area (Å²) in [5.41, 5.74) is 4.23. The zero-order valence-corrected chi connectivity index (χ0v) is 12.0. The van der Waals surface area contributed by atoms with Crippen LogP contribution in [0.1, 0.15) is 32.6 Å². The van der Waals surface area contributed by atoms with Crippen molar-refractivity contribution < 1.29 is 9.90 Å². The van der Waals surface area contributed by atoms with Gasteiger partial charge in [0.05, 0.1) is 0 Å². The number of phenols is 1. The molecule has 0 amide bonds. The van der Waals surface area contributed by atoms with Gasteiger partial charge in [-0.1, -0.05) is 30.3 Å². The molecule has 2 rings (SSSR count). The molecule has 0 aliphatic carbocycles. The van der Waals surface area contributed by atoms with Crippen LogP contribution in [0.2, 0.25) is 0 Å². The molecule has 102 valence electrons. The Labute approximate surface area is 119 Å². The predicted molar refractivity (Wildman–Crippen MR) is 82.1 cm³/mol. The summed E-state index contributed by atoms with van der Waals surface area (Å²) in [6, 6.07) is 11.3. The summed E-state index contributed by atoms with van der Waals surface area (Å²) in [6.45, 7) is 5.63. The SMILES string of the molecule is Cc1ccccc1C(=O)/C=C/c1cc(C)c(O)c(C)c1. The molecule has 2 heteroatoms. The van der Waals surface area contributed by atoms with Crippen LogP contribution in [0.15, 0.2) is 42.5 Å². The Morgan fingerprint density at radius 1 is 1.00 bits per heavy atom. The minimum absolute atomic E-state index is 0.00789. The molecule has 1 N–H and O–H groups in total. The van der Waals surface area contributed by atoms with Gasteiger partial charge in [-0.2, -0.15) is 0 Å². The minimum Gasteiger partial charge on any atom is -0.507 e. The van der Waals surface area contributed by atoms with E-state index in [4.69, 9.17) is 0 Å². The van der Waals surface area contributed by atoms with E-state index in [0.29, 0.717) is 5.75 Å². The van der Waals surface area contributed by atoms with Crippen molar-refractivity contribution in [1.29, 1.82) is 0 Å². The lowest BCUT2D eigenvalue weighted by atomic mass is 10.0. The van der Waals surface area contributed by atoms with Gasteiger partial charge in [-0.15, -0.1) is 0 Å². The fraction of sp³-hybridized carbons (Fsp3) is 0.167. The summed E-state index contributed by atoms with van der Waals surface area (Å²) in [5.74, 6) is 0.305. The number of aryl methyl sites for hydroxylation is 3. The molecule has 2 aromatic rings. The first-order valence-corrected chi connectivity index (χ1v) is 6.57. The van der Waals surface area contributed by atoms with E-state index in [2.05, 4.69) is 0 Å². The fourth-order valence-electron chi connectivity index (χ4n) is 2.20. The molecule has 0 saturated carbocycles. The number of hydrogen-bond donors (Lipinski definition) is 1. The average molecular weight is 266 g/mol. The molecule has 0 radical (unpaired) electrons. The molecule has 0 unspecified atom stereocenters. The molecule has 0 atom stereocenters. The Bertz CT molecular complexity index is 659. The zero-order valence-electron chi connectivity index (χ0n) is 12.0. The quantitative estimate of drug-likeness (QED) is 0.667. The van der Waals surface area contributed by atoms with Gasteiger partial charge in [-0.25, -0.2) is 0 Å². The van der Waals surface area contributed by atoms with Crippen LogP contribution >= 0.6 is 0 Å². The summed E-state index contributed by atoms with van der Waals surface area (Å²) in [7, 11) is 0. The van der Waals surface area contributed by atoms with Crippen molar-refractivity contribution >= 4 is 11.9 Å². The van der Waals surface area contributed by atoms with Crippen molar-refractivity contribution in [3.63, 3.8) is 0 Å². The van der Waals surface area contributed by atoms with Crippen LogP contribution < -0.4 is 0 Å². The molecular formula is C18H18O2. The Morgan fingerprint density at radius 3 is 2.20 bits per heavy atom. The van der Waals surface area contributed by atoms with Gasteiger partial charge in [-0.3, -0.25) is 4.79 Å². The maximum absolute atomic E-state index is 12.1. The number of benzene rings is 2. The first kappa shape index (κ1) is 14.1. The molecule has 0 saturated heterocycles. The van der Waals surface area contributed by atoms with Crippen LogP contribution in [0.25, 0.3) is 6.08 Å². The molecule has 0 aromatic heterocycles. The van der Waals surface area contributed by atoms with E-state index < -0.39 is 0 Å². The third-order valence-electron chi connectivity index (χ3n) is 3.35. The Kier molecular flexibility index (Phi) is 4.04. The topological polar surface area (TPSA) is 37.3 Å². The zero-order chi connectivity index (χ0) is 14.7. The van der Waals surface area contributed by atoms with Crippen molar-refractivity contribution in [3.05, 3.63) is 70.3 Å². The lowest BCUT2D eigenvalue weighted by Gasteiger charge is -2.05. The van der Waals surface area contributed by atoms with Gasteiger partial charge in [0.1, 0.15) is 5.75 Å². The van der Waals surface area contributed by atoms with Crippen LogP contribution in [0.3, 0.4) is 0 Å². The number of hydrogen-bond acceptors (Lipinski definition) is 2. The number of carbonyl (C=O) groups is 1. The number of allylic oxidation sites excluding steroid dienone is 1. The van der Waals surface area contributed by atoms with Gasteiger partial charge in [0.15, 0.2) is 5.78 Å². The van der Waals surface area contributed by atoms with Crippen molar-refractivity contribution in [2.75, 3.05) is 0 Å². The molecule has 0 fully saturated rings. The van der Waals surface area contributed by atoms with Gasteiger partial charge in [0, 0.05) is 5.56 Å². The molecule has 2 nitrogen and oxygen atoms in total. The van der Waals surface area contributed by atoms with Crippen LogP contribution in [0, 0.1) is 20.8 Å². The van der Waals surface area contributed by atoms with E-state index in [-0.39, 0.29) is 5.78 Å². The summed E-state index contributed by atoms with van der Waals surface area (Å²) < 4.78 is 0. The third-order valence-corrected chi connectivity index (χ3v) is 3.35. The lowest BCUT2D eigenvalue weighted by Crippen LogP contribution is -1.97. The van der Waals surface area contributed by atoms with E-state index in [1.807, 2.05) is 57.2 Å². The van der Waals surface area contributed by atoms with Crippen molar-refractivity contribution in [1.82, 2.24) is 0 Å². The van der Waals surface area contributed by atoms with E-state index in [0.717, 1.165) is 27.8 Å². The molecule has 0 bridgehead atoms. The number of phenolic OH excluding ortho intramolecular Hbond substituents is 1. The highest BCUT2D eigenvalue weighted by Gasteiger charge is 2.05. The molecule has 0 spiro atoms. The summed E-state index contributed by atoms with van der Waals surface area (Å²) in [4.78, 5) is 12.1. The molecule has 20 heavy (non-hydrogen) atoms. The van der Waals surface area contributed by atoms with Crippen LogP contribution in [0.4, 0.5) is 0 Å². The number of carbonyl (C=O) groups excluding carboxylic acids is 1. The monoisotopic (exact) mass is 266 g/mol. The van der Waals surface area contributed by atoms with Gasteiger partial charge in [-0.05, 0) is 61.2 Å². The smallest absolute Gasteiger partial charge is 0.186 e. The first-order chi connectivity index (χ1) is 9.49. The standard InChI is InChI=1S/C18H18O2/c1-12-6-4-5-7-16(12)17(19)9-8-15-10-13(2)18(20)14(3)11-15/h4-11,20H,1-3H3/b9-8+. The third kappa shape index (κ3) is 2.97. The van der Waals surface area contributed by atoms with Crippen molar-refractivity contribution in [2.24, 2.45) is 0 Å². The molecule has 0 aliphatic rings. The van der Waals surface area contributed by atoms with E-state index in [1.165, 1.54) is 0 Å². The highest BCUT2D eigenvalue weighted by atomic mass is 16.3. The normalized spacial score (nSPS) is 10.9. The highest BCUT2D eigenvalue weighted by molar-refractivity contribution is 6.07. The van der Waals surface area contributed by atoms with E-state index >= 15 is 0 Å². The molecular weight excluding hydrogens is 248 g/mol. The second-order valence-corrected chi connectivity index (χ2v) is 5.02. The molecule has 0 heterocycles. The average Bonchev–Trinajstić information content (AvgIpc) is 2.42. The second-order valence-electron chi connectivity index (χ2n) is 5.02. The summed E-state index contributed by atoms with van der Waals surface area (Å²) >= 11 is 0. The number of rotatable bonds is 3. The fourth-order valence-corrected chi connectivity index (χ4v) is 2.20. The lowest BCUT2D eigenvalue weighted by molar-refractivity contribution is 0.104. The van der Waals surface area contributed by atoms with Crippen LogP contribution in [-0.2, 0) is 0 Å². The van der Waals surface area contributed by atoms with Crippen LogP contribution in [0.5, 0.6) is 5.75 Å². The largest absolute Gasteiger partial charge is 0.507 e. The predicted octanol–water partition coefficient (Wildman–Crippen LogP) is 4.21. The van der Waals surface area contributed by atoms with Crippen molar-refractivity contribution in [2.45, 2.75) is 20.8 Å². The van der Waals surface area contributed by atoms with Gasteiger partial charge < -0.3 is 5.11 Å². The van der Waals surface area contributed by atoms with Crippen molar-refractivity contribution in [3.8, 4) is 5.75 Å². The Hall–Kier alpha value is -2.35. The molecule has 0 aliphatic heterocycles. The van der Waals surface area contributed by atoms with Gasteiger partial charge >= 0.3 is 0 Å². The number of aromatic hydroxyl groups is 1. The Morgan fingerprint density at radius 2 is 1.60 bits per heavy atom. The highest BCUT2D eigenvalue weighted by Crippen LogP contribution is 2.23. The van der Waals surface area contributed by atoms with Gasteiger partial charge in [0.25, 0.3) is 0 Å². The minimum atomic E-state index is -0.00789. The summed E-state index contributed by atoms with van der Waals surface area (Å²) in [6.07, 6.45) is 3.36.